The van der Waals surface area contributed by atoms with Gasteiger partial charge in [0.1, 0.15) is 0 Å². The molecule has 18 heavy (non-hydrogen) atoms. The maximum atomic E-state index is 12.1. The van der Waals surface area contributed by atoms with Crippen LogP contribution >= 0.6 is 11.8 Å². The fourth-order valence-electron chi connectivity index (χ4n) is 2.55. The van der Waals surface area contributed by atoms with Crippen molar-refractivity contribution in [3.63, 3.8) is 0 Å². The number of carboxylic acid groups (broad SMARTS) is 1. The van der Waals surface area contributed by atoms with Gasteiger partial charge in [0.2, 0.25) is 0 Å². The first-order valence-electron chi connectivity index (χ1n) is 6.41. The quantitative estimate of drug-likeness (QED) is 0.817. The van der Waals surface area contributed by atoms with Crippen molar-refractivity contribution in [3.05, 3.63) is 0 Å². The number of carboxylic acids is 1. The average molecular weight is 272 g/mol. The molecule has 102 valence electrons. The average Bonchev–Trinajstić information content (AvgIpc) is 2.25. The largest absolute Gasteiger partial charge is 0.481 e. The van der Waals surface area contributed by atoms with E-state index < -0.39 is 11.5 Å². The van der Waals surface area contributed by atoms with Crippen molar-refractivity contribution in [1.29, 1.82) is 0 Å². The van der Waals surface area contributed by atoms with Crippen molar-refractivity contribution in [3.8, 4) is 0 Å². The highest BCUT2D eigenvalue weighted by molar-refractivity contribution is 7.99. The fourth-order valence-corrected chi connectivity index (χ4v) is 3.56. The molecule has 2 fully saturated rings. The molecule has 1 saturated heterocycles. The predicted molar refractivity (Wildman–Crippen MR) is 70.9 cm³/mol. The lowest BCUT2D eigenvalue weighted by atomic mass is 9.74. The van der Waals surface area contributed by atoms with E-state index in [-0.39, 0.29) is 12.5 Å². The molecular weight excluding hydrogens is 252 g/mol. The summed E-state index contributed by atoms with van der Waals surface area (Å²) in [4.78, 5) is 24.8. The Bertz CT molecular complexity index is 344. The van der Waals surface area contributed by atoms with E-state index in [9.17, 15) is 9.59 Å². The summed E-state index contributed by atoms with van der Waals surface area (Å²) in [6.45, 7) is 3.62. The first-order valence-corrected chi connectivity index (χ1v) is 7.46. The van der Waals surface area contributed by atoms with Gasteiger partial charge in [0.05, 0.1) is 12.0 Å². The van der Waals surface area contributed by atoms with Crippen molar-refractivity contribution in [1.82, 2.24) is 10.2 Å². The first-order chi connectivity index (χ1) is 8.51. The third-order valence-corrected chi connectivity index (χ3v) is 4.84. The van der Waals surface area contributed by atoms with Gasteiger partial charge in [0.25, 0.3) is 0 Å². The number of carbonyl (C=O) groups excluding carboxylic acids is 1. The van der Waals surface area contributed by atoms with Crippen molar-refractivity contribution in [2.45, 2.75) is 43.4 Å². The van der Waals surface area contributed by atoms with Crippen LogP contribution in [0.3, 0.4) is 0 Å². The monoisotopic (exact) mass is 272 g/mol. The van der Waals surface area contributed by atoms with Gasteiger partial charge in [-0.2, -0.15) is 11.8 Å². The van der Waals surface area contributed by atoms with Crippen molar-refractivity contribution < 1.29 is 14.7 Å². The van der Waals surface area contributed by atoms with Crippen LogP contribution in [0.5, 0.6) is 0 Å². The molecule has 2 N–H and O–H groups in total. The fraction of sp³-hybridized carbons (Fsp3) is 0.833. The lowest BCUT2D eigenvalue weighted by molar-refractivity contribution is -0.139. The van der Waals surface area contributed by atoms with E-state index in [1.54, 1.807) is 0 Å². The molecular formula is C12H20N2O3S. The molecule has 0 aromatic carbocycles. The third-order valence-electron chi connectivity index (χ3n) is 3.70. The number of hydrogen-bond donors (Lipinski definition) is 2. The molecule has 0 bridgehead atoms. The number of amides is 2. The number of urea groups is 1. The minimum atomic E-state index is -0.836. The van der Waals surface area contributed by atoms with Crippen molar-refractivity contribution in [2.75, 3.05) is 18.8 Å². The lowest BCUT2D eigenvalue weighted by Gasteiger charge is -2.43. The SMILES string of the molecule is CC1CN(C(=O)NC2(CC(=O)O)CCC2)CCS1. The minimum absolute atomic E-state index is 0.0386. The Morgan fingerprint density at radius 3 is 2.72 bits per heavy atom. The van der Waals surface area contributed by atoms with Gasteiger partial charge in [-0.25, -0.2) is 4.79 Å². The smallest absolute Gasteiger partial charge is 0.317 e. The highest BCUT2D eigenvalue weighted by Gasteiger charge is 2.41. The summed E-state index contributed by atoms with van der Waals surface area (Å²) in [6.07, 6.45) is 2.60. The summed E-state index contributed by atoms with van der Waals surface area (Å²) in [5.41, 5.74) is -0.489. The molecule has 0 radical (unpaired) electrons. The molecule has 1 unspecified atom stereocenters. The van der Waals surface area contributed by atoms with Crippen LogP contribution in [0.2, 0.25) is 0 Å². The second kappa shape index (κ2) is 5.38. The molecule has 2 rings (SSSR count). The number of aliphatic carboxylic acids is 1. The maximum Gasteiger partial charge on any atom is 0.317 e. The second-order valence-corrected chi connectivity index (χ2v) is 6.81. The van der Waals surface area contributed by atoms with Crippen molar-refractivity contribution >= 4 is 23.8 Å². The molecule has 0 spiro atoms. The Labute approximate surface area is 111 Å². The van der Waals surface area contributed by atoms with E-state index in [4.69, 9.17) is 5.11 Å². The zero-order chi connectivity index (χ0) is 13.2. The van der Waals surface area contributed by atoms with Gasteiger partial charge in [-0.3, -0.25) is 4.79 Å². The normalized spacial score (nSPS) is 26.3. The Morgan fingerprint density at radius 1 is 1.50 bits per heavy atom. The van der Waals surface area contributed by atoms with Crippen LogP contribution < -0.4 is 5.32 Å². The number of thioether (sulfide) groups is 1. The van der Waals surface area contributed by atoms with Crippen LogP contribution in [0.15, 0.2) is 0 Å². The van der Waals surface area contributed by atoms with Gasteiger partial charge < -0.3 is 15.3 Å². The maximum absolute atomic E-state index is 12.1. The van der Waals surface area contributed by atoms with Gasteiger partial charge >= 0.3 is 12.0 Å². The van der Waals surface area contributed by atoms with Gasteiger partial charge in [0, 0.05) is 24.1 Å². The molecule has 5 nitrogen and oxygen atoms in total. The molecule has 1 aliphatic heterocycles. The molecule has 1 aliphatic carbocycles. The highest BCUT2D eigenvalue weighted by Crippen LogP contribution is 2.35. The summed E-state index contributed by atoms with van der Waals surface area (Å²) < 4.78 is 0. The van der Waals surface area contributed by atoms with Crippen LogP contribution in [0.25, 0.3) is 0 Å². The minimum Gasteiger partial charge on any atom is -0.481 e. The Morgan fingerprint density at radius 2 is 2.22 bits per heavy atom. The summed E-state index contributed by atoms with van der Waals surface area (Å²) in [6, 6.07) is -0.0944. The molecule has 1 saturated carbocycles. The number of rotatable bonds is 3. The third kappa shape index (κ3) is 3.10. The van der Waals surface area contributed by atoms with Gasteiger partial charge in [0.15, 0.2) is 0 Å². The van der Waals surface area contributed by atoms with Crippen molar-refractivity contribution in [2.24, 2.45) is 0 Å². The first kappa shape index (κ1) is 13.5. The Balaban J connectivity index is 1.91. The predicted octanol–water partition coefficient (Wildman–Crippen LogP) is 1.53. The van der Waals surface area contributed by atoms with E-state index >= 15 is 0 Å². The number of nitrogens with zero attached hydrogens (tertiary/aromatic N) is 1. The van der Waals surface area contributed by atoms with Gasteiger partial charge in [-0.1, -0.05) is 6.92 Å². The molecule has 1 atom stereocenters. The van der Waals surface area contributed by atoms with Gasteiger partial charge in [-0.05, 0) is 19.3 Å². The molecule has 0 aromatic rings. The summed E-state index contributed by atoms with van der Waals surface area (Å²) in [7, 11) is 0. The van der Waals surface area contributed by atoms with Gasteiger partial charge in [-0.15, -0.1) is 0 Å². The van der Waals surface area contributed by atoms with Crippen LogP contribution in [0.1, 0.15) is 32.6 Å². The molecule has 2 amide bonds. The van der Waals surface area contributed by atoms with E-state index in [2.05, 4.69) is 12.2 Å². The molecule has 0 aromatic heterocycles. The zero-order valence-corrected chi connectivity index (χ0v) is 11.5. The lowest BCUT2D eigenvalue weighted by Crippen LogP contribution is -2.59. The van der Waals surface area contributed by atoms with E-state index in [1.165, 1.54) is 0 Å². The second-order valence-electron chi connectivity index (χ2n) is 5.26. The molecule has 2 aliphatic rings. The number of carbonyl (C=O) groups is 2. The molecule has 1 heterocycles. The van der Waals surface area contributed by atoms with E-state index in [0.29, 0.717) is 5.25 Å². The van der Waals surface area contributed by atoms with E-state index in [1.807, 2.05) is 16.7 Å². The summed E-state index contributed by atoms with van der Waals surface area (Å²) in [5.74, 6) is 0.123. The number of hydrogen-bond acceptors (Lipinski definition) is 3. The summed E-state index contributed by atoms with van der Waals surface area (Å²) >= 11 is 1.87. The Kier molecular flexibility index (Phi) is 4.04. The van der Waals surface area contributed by atoms with Crippen LogP contribution in [-0.4, -0.2) is 51.6 Å². The Hall–Kier alpha value is -0.910. The van der Waals surface area contributed by atoms with Crippen LogP contribution in [0.4, 0.5) is 4.79 Å². The topological polar surface area (TPSA) is 69.6 Å². The highest BCUT2D eigenvalue weighted by atomic mass is 32.2. The standard InChI is InChI=1S/C12H20N2O3S/c1-9-8-14(5-6-18-9)11(17)13-12(3-2-4-12)7-10(15)16/h9H,2-8H2,1H3,(H,13,17)(H,15,16). The molecule has 6 heteroatoms. The zero-order valence-electron chi connectivity index (χ0n) is 10.6. The summed E-state index contributed by atoms with van der Waals surface area (Å²) in [5, 5.41) is 12.3. The van der Waals surface area contributed by atoms with Crippen LogP contribution in [-0.2, 0) is 4.79 Å². The van der Waals surface area contributed by atoms with E-state index in [0.717, 1.165) is 38.1 Å². The number of nitrogens with one attached hydrogen (secondary N) is 1. The van der Waals surface area contributed by atoms with Crippen LogP contribution in [0, 0.1) is 0 Å².